The van der Waals surface area contributed by atoms with Crippen molar-refractivity contribution in [2.24, 2.45) is 13.0 Å². The summed E-state index contributed by atoms with van der Waals surface area (Å²) in [4.78, 5) is 16.6. The van der Waals surface area contributed by atoms with Crippen LogP contribution in [0.25, 0.3) is 0 Å². The number of nitrogens with zero attached hydrogens (tertiary/aromatic N) is 4. The molecule has 0 unspecified atom stereocenters. The van der Waals surface area contributed by atoms with Crippen LogP contribution in [-0.2, 0) is 20.1 Å². The van der Waals surface area contributed by atoms with E-state index in [9.17, 15) is 4.79 Å². The molecule has 1 fully saturated rings. The molecule has 0 radical (unpaired) electrons. The van der Waals surface area contributed by atoms with Crippen LogP contribution in [0.3, 0.4) is 0 Å². The van der Waals surface area contributed by atoms with Gasteiger partial charge in [-0.15, -0.1) is 0 Å². The highest BCUT2D eigenvalue weighted by atomic mass is 16.2. The number of likely N-dealkylation sites (tertiary alicyclic amines) is 1. The number of nitrogens with one attached hydrogen (secondary N) is 1. The van der Waals surface area contributed by atoms with Gasteiger partial charge >= 0.3 is 6.03 Å². The minimum absolute atomic E-state index is 0.0257. The molecule has 25 heavy (non-hydrogen) atoms. The Morgan fingerprint density at radius 1 is 1.28 bits per heavy atom. The average Bonchev–Trinajstić information content (AvgIpc) is 3.14. The summed E-state index contributed by atoms with van der Waals surface area (Å²) < 4.78 is 1.75. The molecule has 134 valence electrons. The van der Waals surface area contributed by atoms with E-state index in [2.05, 4.69) is 46.5 Å². The summed E-state index contributed by atoms with van der Waals surface area (Å²) in [5, 5.41) is 7.34. The molecule has 2 heterocycles. The maximum atomic E-state index is 12.5. The first-order valence-electron chi connectivity index (χ1n) is 8.76. The van der Waals surface area contributed by atoms with E-state index in [0.29, 0.717) is 12.5 Å². The molecule has 6 nitrogen and oxygen atoms in total. The fourth-order valence-electron chi connectivity index (χ4n) is 3.39. The van der Waals surface area contributed by atoms with Gasteiger partial charge in [-0.2, -0.15) is 5.10 Å². The molecule has 2 atom stereocenters. The van der Waals surface area contributed by atoms with E-state index in [1.807, 2.05) is 26.4 Å². The zero-order valence-corrected chi connectivity index (χ0v) is 15.2. The van der Waals surface area contributed by atoms with Crippen LogP contribution in [0.1, 0.15) is 18.1 Å². The van der Waals surface area contributed by atoms with Crippen molar-refractivity contribution < 1.29 is 4.79 Å². The quantitative estimate of drug-likeness (QED) is 0.906. The number of carbonyl (C=O) groups is 1. The predicted molar refractivity (Wildman–Crippen MR) is 97.9 cm³/mol. The molecule has 3 rings (SSSR count). The van der Waals surface area contributed by atoms with Crippen LogP contribution in [0.4, 0.5) is 4.79 Å². The minimum Gasteiger partial charge on any atom is -0.334 e. The van der Waals surface area contributed by atoms with Crippen molar-refractivity contribution in [1.82, 2.24) is 24.9 Å². The van der Waals surface area contributed by atoms with E-state index in [1.54, 1.807) is 15.8 Å². The van der Waals surface area contributed by atoms with E-state index in [4.69, 9.17) is 0 Å². The Balaban J connectivity index is 1.50. The number of hydrogen-bond donors (Lipinski definition) is 1. The fraction of sp³-hybridized carbons (Fsp3) is 0.474. The van der Waals surface area contributed by atoms with Crippen molar-refractivity contribution in [3.8, 4) is 0 Å². The van der Waals surface area contributed by atoms with Crippen LogP contribution < -0.4 is 5.32 Å². The van der Waals surface area contributed by atoms with E-state index >= 15 is 0 Å². The summed E-state index contributed by atoms with van der Waals surface area (Å²) in [6.07, 6.45) is 3.73. The molecule has 0 aliphatic carbocycles. The van der Waals surface area contributed by atoms with E-state index < -0.39 is 0 Å². The average molecular weight is 341 g/mol. The highest BCUT2D eigenvalue weighted by Gasteiger charge is 2.31. The lowest BCUT2D eigenvalue weighted by Gasteiger charge is -2.22. The Hall–Kier alpha value is -2.34. The number of aromatic nitrogens is 2. The molecule has 1 aromatic heterocycles. The minimum atomic E-state index is -0.0257. The number of carbonyl (C=O) groups excluding carboxylic acids is 1. The second-order valence-corrected chi connectivity index (χ2v) is 7.09. The molecular formula is C19H27N5O. The lowest BCUT2D eigenvalue weighted by molar-refractivity contribution is 0.200. The van der Waals surface area contributed by atoms with Crippen LogP contribution >= 0.6 is 0 Å². The van der Waals surface area contributed by atoms with Crippen LogP contribution in [0, 0.1) is 5.92 Å². The molecule has 2 aromatic rings. The van der Waals surface area contributed by atoms with Gasteiger partial charge in [-0.05, 0) is 11.5 Å². The molecule has 1 aliphatic heterocycles. The highest BCUT2D eigenvalue weighted by molar-refractivity contribution is 5.74. The normalized spacial score (nSPS) is 20.6. The maximum Gasteiger partial charge on any atom is 0.317 e. The van der Waals surface area contributed by atoms with Crippen LogP contribution in [0.2, 0.25) is 0 Å². The number of benzene rings is 1. The van der Waals surface area contributed by atoms with Gasteiger partial charge in [0.2, 0.25) is 0 Å². The van der Waals surface area contributed by atoms with Crippen LogP contribution in [0.5, 0.6) is 0 Å². The fourth-order valence-corrected chi connectivity index (χ4v) is 3.39. The van der Waals surface area contributed by atoms with E-state index in [-0.39, 0.29) is 12.1 Å². The van der Waals surface area contributed by atoms with E-state index in [0.717, 1.165) is 25.2 Å². The number of aryl methyl sites for hydroxylation is 1. The molecule has 0 saturated carbocycles. The molecular weight excluding hydrogens is 314 g/mol. The SMILES string of the molecule is C[C@@H]1CN(Cc2ccccc2)C[C@@H]1NC(=O)N(C)Cc1cnn(C)c1. The molecule has 6 heteroatoms. The van der Waals surface area contributed by atoms with Gasteiger partial charge in [-0.25, -0.2) is 4.79 Å². The molecule has 1 aromatic carbocycles. The lowest BCUT2D eigenvalue weighted by atomic mass is 10.1. The second kappa shape index (κ2) is 7.70. The van der Waals surface area contributed by atoms with Gasteiger partial charge < -0.3 is 10.2 Å². The summed E-state index contributed by atoms with van der Waals surface area (Å²) in [6.45, 7) is 5.60. The smallest absolute Gasteiger partial charge is 0.317 e. The van der Waals surface area contributed by atoms with Gasteiger partial charge in [0.25, 0.3) is 0 Å². The van der Waals surface area contributed by atoms with Crippen molar-refractivity contribution in [1.29, 1.82) is 0 Å². The molecule has 2 amide bonds. The topological polar surface area (TPSA) is 53.4 Å². The number of urea groups is 1. The number of amides is 2. The summed E-state index contributed by atoms with van der Waals surface area (Å²) in [6, 6.07) is 10.6. The molecule has 1 N–H and O–H groups in total. The summed E-state index contributed by atoms with van der Waals surface area (Å²) in [7, 11) is 3.70. The van der Waals surface area contributed by atoms with Crippen LogP contribution in [0.15, 0.2) is 42.7 Å². The predicted octanol–water partition coefficient (Wildman–Crippen LogP) is 2.08. The third-order valence-electron chi connectivity index (χ3n) is 4.77. The van der Waals surface area contributed by atoms with Gasteiger partial charge in [0.15, 0.2) is 0 Å². The Labute approximate surface area is 149 Å². The molecule has 1 saturated heterocycles. The van der Waals surface area contributed by atoms with Gasteiger partial charge in [0, 0.05) is 51.5 Å². The lowest BCUT2D eigenvalue weighted by Crippen LogP contribution is -2.45. The summed E-state index contributed by atoms with van der Waals surface area (Å²) >= 11 is 0. The zero-order valence-electron chi connectivity index (χ0n) is 15.2. The number of rotatable bonds is 5. The standard InChI is InChI=1S/C19H27N5O/c1-15-10-24(13-16-7-5-4-6-8-16)14-18(15)21-19(25)22(2)11-17-9-20-23(3)12-17/h4-9,12,15,18H,10-11,13-14H2,1-3H3,(H,21,25)/t15-,18+/m1/s1. The van der Waals surface area contributed by atoms with Crippen LogP contribution in [-0.4, -0.2) is 51.8 Å². The van der Waals surface area contributed by atoms with Gasteiger partial charge in [0.05, 0.1) is 12.7 Å². The third kappa shape index (κ3) is 4.60. The largest absolute Gasteiger partial charge is 0.334 e. The third-order valence-corrected chi connectivity index (χ3v) is 4.77. The Bertz CT molecular complexity index is 699. The highest BCUT2D eigenvalue weighted by Crippen LogP contribution is 2.19. The molecule has 1 aliphatic rings. The molecule has 0 bridgehead atoms. The first-order valence-corrected chi connectivity index (χ1v) is 8.76. The number of hydrogen-bond acceptors (Lipinski definition) is 3. The first-order chi connectivity index (χ1) is 12.0. The zero-order chi connectivity index (χ0) is 17.8. The Morgan fingerprint density at radius 2 is 2.04 bits per heavy atom. The van der Waals surface area contributed by atoms with Crippen molar-refractivity contribution in [3.63, 3.8) is 0 Å². The van der Waals surface area contributed by atoms with Crippen molar-refractivity contribution in [2.75, 3.05) is 20.1 Å². The maximum absolute atomic E-state index is 12.5. The monoisotopic (exact) mass is 341 g/mol. The van der Waals surface area contributed by atoms with Gasteiger partial charge in [-0.1, -0.05) is 37.3 Å². The molecule has 0 spiro atoms. The summed E-state index contributed by atoms with van der Waals surface area (Å²) in [5.41, 5.74) is 2.35. The first kappa shape index (κ1) is 17.5. The van der Waals surface area contributed by atoms with Gasteiger partial charge in [0.1, 0.15) is 0 Å². The van der Waals surface area contributed by atoms with Gasteiger partial charge in [-0.3, -0.25) is 9.58 Å². The van der Waals surface area contributed by atoms with Crippen molar-refractivity contribution in [2.45, 2.75) is 26.1 Å². The van der Waals surface area contributed by atoms with E-state index in [1.165, 1.54) is 5.56 Å². The Kier molecular flexibility index (Phi) is 5.38. The second-order valence-electron chi connectivity index (χ2n) is 7.09. The Morgan fingerprint density at radius 3 is 2.72 bits per heavy atom. The van der Waals surface area contributed by atoms with Crippen molar-refractivity contribution in [3.05, 3.63) is 53.9 Å². The summed E-state index contributed by atoms with van der Waals surface area (Å²) in [5.74, 6) is 0.444. The van der Waals surface area contributed by atoms with Crippen molar-refractivity contribution >= 4 is 6.03 Å².